The van der Waals surface area contributed by atoms with E-state index < -0.39 is 24.3 Å². The van der Waals surface area contributed by atoms with E-state index >= 15 is 0 Å². The van der Waals surface area contributed by atoms with E-state index in [-0.39, 0.29) is 0 Å². The molecule has 0 radical (unpaired) electrons. The highest BCUT2D eigenvalue weighted by atomic mass is 16.4. The van der Waals surface area contributed by atoms with E-state index in [1.807, 2.05) is 0 Å². The molecule has 5 heteroatoms. The number of aliphatic hydroxyl groups is 2. The van der Waals surface area contributed by atoms with E-state index in [1.165, 1.54) is 14.0 Å². The first-order valence-corrected chi connectivity index (χ1v) is 3.85. The number of carboxylic acids is 1. The Morgan fingerprint density at radius 3 is 2.23 bits per heavy atom. The molecule has 3 atom stereocenters. The molecule has 0 saturated carbocycles. The molecule has 0 aliphatic carbocycles. The van der Waals surface area contributed by atoms with Crippen LogP contribution in [-0.2, 0) is 4.79 Å². The zero-order chi connectivity index (χ0) is 10.6. The van der Waals surface area contributed by atoms with Gasteiger partial charge in [0.25, 0.3) is 0 Å². The topological polar surface area (TPSA) is 81.0 Å². The van der Waals surface area contributed by atoms with Gasteiger partial charge in [-0.25, -0.2) is 0 Å². The summed E-state index contributed by atoms with van der Waals surface area (Å²) in [4.78, 5) is 11.8. The molecule has 0 bridgehead atoms. The Balaban J connectivity index is 4.60. The number of rotatable bonds is 5. The molecule has 0 heterocycles. The fourth-order valence-electron chi connectivity index (χ4n) is 0.923. The second-order valence-corrected chi connectivity index (χ2v) is 2.81. The molecular formula is C8H15NO4. The molecule has 3 N–H and O–H groups in total. The van der Waals surface area contributed by atoms with Gasteiger partial charge in [-0.3, -0.25) is 9.69 Å². The molecular weight excluding hydrogens is 174 g/mol. The average Bonchev–Trinajstić information content (AvgIpc) is 2.03. The van der Waals surface area contributed by atoms with E-state index in [4.69, 9.17) is 10.2 Å². The summed E-state index contributed by atoms with van der Waals surface area (Å²) in [7, 11) is 1.41. The van der Waals surface area contributed by atoms with Gasteiger partial charge in [0, 0.05) is 0 Å². The highest BCUT2D eigenvalue weighted by molar-refractivity contribution is 5.74. The highest BCUT2D eigenvalue weighted by Crippen LogP contribution is 2.06. The third kappa shape index (κ3) is 3.14. The van der Waals surface area contributed by atoms with E-state index in [0.29, 0.717) is 0 Å². The molecule has 0 aliphatic heterocycles. The Morgan fingerprint density at radius 2 is 2.00 bits per heavy atom. The van der Waals surface area contributed by atoms with Crippen molar-refractivity contribution in [1.29, 1.82) is 0 Å². The van der Waals surface area contributed by atoms with Gasteiger partial charge in [0.1, 0.15) is 12.3 Å². The number of likely N-dealkylation sites (N-methyl/N-ethyl adjacent to an activating group) is 1. The summed E-state index contributed by atoms with van der Waals surface area (Å²) in [6.07, 6.45) is -1.01. The molecule has 0 fully saturated rings. The first kappa shape index (κ1) is 12.1. The Kier molecular flexibility index (Phi) is 4.61. The minimum absolute atomic E-state index is 0.935. The lowest BCUT2D eigenvalue weighted by Crippen LogP contribution is -2.49. The van der Waals surface area contributed by atoms with Gasteiger partial charge >= 0.3 is 5.97 Å². The Bertz CT molecular complexity index is 193. The van der Waals surface area contributed by atoms with E-state index in [0.717, 1.165) is 11.0 Å². The lowest BCUT2D eigenvalue weighted by Gasteiger charge is -2.29. The first-order chi connectivity index (χ1) is 5.91. The summed E-state index contributed by atoms with van der Waals surface area (Å²) >= 11 is 0. The SMILES string of the molecule is C=CC(O)C(C(=O)O)N(C)C(C)O. The van der Waals surface area contributed by atoms with E-state index in [1.54, 1.807) is 0 Å². The summed E-state index contributed by atoms with van der Waals surface area (Å²) in [5.41, 5.74) is 0. The van der Waals surface area contributed by atoms with Crippen molar-refractivity contribution in [2.75, 3.05) is 7.05 Å². The van der Waals surface area contributed by atoms with Crippen molar-refractivity contribution >= 4 is 5.97 Å². The molecule has 13 heavy (non-hydrogen) atoms. The van der Waals surface area contributed by atoms with Crippen molar-refractivity contribution in [3.8, 4) is 0 Å². The quantitative estimate of drug-likeness (QED) is 0.392. The number of nitrogens with zero attached hydrogens (tertiary/aromatic N) is 1. The van der Waals surface area contributed by atoms with Crippen LogP contribution in [0.25, 0.3) is 0 Å². The lowest BCUT2D eigenvalue weighted by atomic mass is 10.1. The van der Waals surface area contributed by atoms with Crippen molar-refractivity contribution in [2.45, 2.75) is 25.3 Å². The first-order valence-electron chi connectivity index (χ1n) is 3.85. The standard InChI is InChI=1S/C8H15NO4/c1-4-6(11)7(8(12)13)9(3)5(2)10/h4-7,10-11H,1H2,2-3H3,(H,12,13). The van der Waals surface area contributed by atoms with Crippen LogP contribution in [0.3, 0.4) is 0 Å². The number of aliphatic hydroxyl groups excluding tert-OH is 2. The number of hydrogen-bond donors (Lipinski definition) is 3. The minimum atomic E-state index is -1.20. The Hall–Kier alpha value is -0.910. The second kappa shape index (κ2) is 4.96. The van der Waals surface area contributed by atoms with Crippen LogP contribution in [0.5, 0.6) is 0 Å². The maximum atomic E-state index is 10.7. The largest absolute Gasteiger partial charge is 0.480 e. The third-order valence-electron chi connectivity index (χ3n) is 1.85. The van der Waals surface area contributed by atoms with Gasteiger partial charge in [-0.2, -0.15) is 0 Å². The van der Waals surface area contributed by atoms with Crippen LogP contribution in [-0.4, -0.2) is 51.6 Å². The van der Waals surface area contributed by atoms with Crippen LogP contribution in [0.2, 0.25) is 0 Å². The predicted octanol–water partition coefficient (Wildman–Crippen LogP) is -0.743. The van der Waals surface area contributed by atoms with Gasteiger partial charge < -0.3 is 15.3 Å². The molecule has 0 saturated heterocycles. The fraction of sp³-hybridized carbons (Fsp3) is 0.625. The van der Waals surface area contributed by atoms with Crippen LogP contribution in [0.1, 0.15) is 6.92 Å². The zero-order valence-corrected chi connectivity index (χ0v) is 7.71. The van der Waals surface area contributed by atoms with Gasteiger partial charge in [0.15, 0.2) is 0 Å². The molecule has 0 aromatic heterocycles. The number of carboxylic acid groups (broad SMARTS) is 1. The van der Waals surface area contributed by atoms with Crippen molar-refractivity contribution in [3.63, 3.8) is 0 Å². The van der Waals surface area contributed by atoms with Crippen molar-refractivity contribution in [2.24, 2.45) is 0 Å². The van der Waals surface area contributed by atoms with Gasteiger partial charge in [0.05, 0.1) is 6.10 Å². The molecule has 0 aromatic rings. The summed E-state index contributed by atoms with van der Waals surface area (Å²) in [6.45, 7) is 4.71. The maximum Gasteiger partial charge on any atom is 0.324 e. The van der Waals surface area contributed by atoms with Crippen LogP contribution >= 0.6 is 0 Å². The smallest absolute Gasteiger partial charge is 0.324 e. The maximum absolute atomic E-state index is 10.7. The molecule has 0 aliphatic rings. The van der Waals surface area contributed by atoms with Crippen LogP contribution in [0.4, 0.5) is 0 Å². The molecule has 76 valence electrons. The van der Waals surface area contributed by atoms with Crippen molar-refractivity contribution < 1.29 is 20.1 Å². The van der Waals surface area contributed by atoms with Gasteiger partial charge in [-0.1, -0.05) is 6.08 Å². The van der Waals surface area contributed by atoms with Crippen LogP contribution < -0.4 is 0 Å². The molecule has 3 unspecified atom stereocenters. The minimum Gasteiger partial charge on any atom is -0.480 e. The van der Waals surface area contributed by atoms with Gasteiger partial charge in [-0.05, 0) is 14.0 Å². The van der Waals surface area contributed by atoms with Crippen molar-refractivity contribution in [3.05, 3.63) is 12.7 Å². The summed E-state index contributed by atoms with van der Waals surface area (Å²) in [5.74, 6) is -1.20. The molecule has 5 nitrogen and oxygen atoms in total. The average molecular weight is 189 g/mol. The summed E-state index contributed by atoms with van der Waals surface area (Å²) in [5, 5.41) is 27.1. The lowest BCUT2D eigenvalue weighted by molar-refractivity contribution is -0.151. The fourth-order valence-corrected chi connectivity index (χ4v) is 0.923. The van der Waals surface area contributed by atoms with E-state index in [2.05, 4.69) is 6.58 Å². The number of hydrogen-bond acceptors (Lipinski definition) is 4. The highest BCUT2D eigenvalue weighted by Gasteiger charge is 2.30. The van der Waals surface area contributed by atoms with Gasteiger partial charge in [-0.15, -0.1) is 6.58 Å². The van der Waals surface area contributed by atoms with Crippen molar-refractivity contribution in [1.82, 2.24) is 4.90 Å². The number of aliphatic carboxylic acids is 1. The van der Waals surface area contributed by atoms with E-state index in [9.17, 15) is 9.90 Å². The monoisotopic (exact) mass is 189 g/mol. The number of carbonyl (C=O) groups is 1. The zero-order valence-electron chi connectivity index (χ0n) is 7.71. The molecule has 0 amide bonds. The molecule has 0 spiro atoms. The van der Waals surface area contributed by atoms with Crippen LogP contribution in [0, 0.1) is 0 Å². The normalized spacial score (nSPS) is 17.9. The summed E-state index contributed by atoms with van der Waals surface area (Å²) in [6, 6.07) is -1.17. The Morgan fingerprint density at radius 1 is 1.54 bits per heavy atom. The predicted molar refractivity (Wildman–Crippen MR) is 47.1 cm³/mol. The molecule has 0 aromatic carbocycles. The third-order valence-corrected chi connectivity index (χ3v) is 1.85. The Labute approximate surface area is 76.9 Å². The van der Waals surface area contributed by atoms with Gasteiger partial charge in [0.2, 0.25) is 0 Å². The second-order valence-electron chi connectivity index (χ2n) is 2.81. The molecule has 0 rings (SSSR count). The van der Waals surface area contributed by atoms with Crippen LogP contribution in [0.15, 0.2) is 12.7 Å². The summed E-state index contributed by atoms with van der Waals surface area (Å²) < 4.78 is 0.